The van der Waals surface area contributed by atoms with Crippen LogP contribution in [0.2, 0.25) is 10.0 Å². The summed E-state index contributed by atoms with van der Waals surface area (Å²) in [7, 11) is 0. The minimum Gasteiger partial charge on any atom is -0.491 e. The Bertz CT molecular complexity index is 549. The van der Waals surface area contributed by atoms with Crippen molar-refractivity contribution in [3.63, 3.8) is 0 Å². The second-order valence-electron chi connectivity index (χ2n) is 4.29. The van der Waals surface area contributed by atoms with E-state index in [1.807, 2.05) is 30.3 Å². The summed E-state index contributed by atoms with van der Waals surface area (Å²) in [5.41, 5.74) is 0.959. The predicted molar refractivity (Wildman–Crippen MR) is 82.9 cm³/mol. The van der Waals surface area contributed by atoms with Gasteiger partial charge in [0.25, 0.3) is 0 Å². The van der Waals surface area contributed by atoms with Crippen LogP contribution in [0.1, 0.15) is 0 Å². The van der Waals surface area contributed by atoms with Gasteiger partial charge in [0.15, 0.2) is 0 Å². The summed E-state index contributed by atoms with van der Waals surface area (Å²) < 4.78 is 5.46. The Kier molecular flexibility index (Phi) is 5.53. The van der Waals surface area contributed by atoms with E-state index in [0.29, 0.717) is 22.3 Å². The first kappa shape index (κ1) is 15.0. The molecule has 3 nitrogen and oxygen atoms in total. The van der Waals surface area contributed by atoms with Gasteiger partial charge in [-0.2, -0.15) is 0 Å². The van der Waals surface area contributed by atoms with Crippen LogP contribution in [0.15, 0.2) is 48.5 Å². The van der Waals surface area contributed by atoms with Gasteiger partial charge in [0.2, 0.25) is 0 Å². The molecule has 20 heavy (non-hydrogen) atoms. The van der Waals surface area contributed by atoms with Crippen LogP contribution >= 0.6 is 23.2 Å². The van der Waals surface area contributed by atoms with Crippen LogP contribution in [0.5, 0.6) is 5.75 Å². The summed E-state index contributed by atoms with van der Waals surface area (Å²) in [6.07, 6.45) is -0.621. The van der Waals surface area contributed by atoms with Crippen LogP contribution in [0.3, 0.4) is 0 Å². The molecule has 106 valence electrons. The van der Waals surface area contributed by atoms with E-state index < -0.39 is 6.10 Å². The zero-order valence-electron chi connectivity index (χ0n) is 10.7. The van der Waals surface area contributed by atoms with Crippen LogP contribution in [-0.2, 0) is 0 Å². The van der Waals surface area contributed by atoms with Crippen LogP contribution < -0.4 is 10.1 Å². The maximum Gasteiger partial charge on any atom is 0.121 e. The lowest BCUT2D eigenvalue weighted by Crippen LogP contribution is -2.26. The number of aliphatic hydroxyl groups excluding tert-OH is 1. The first-order valence-electron chi connectivity index (χ1n) is 6.20. The van der Waals surface area contributed by atoms with Crippen molar-refractivity contribution in [1.82, 2.24) is 0 Å². The third-order valence-corrected chi connectivity index (χ3v) is 3.39. The fourth-order valence-corrected chi connectivity index (χ4v) is 1.90. The number of hydrogen-bond donors (Lipinski definition) is 2. The molecule has 0 aromatic heterocycles. The quantitative estimate of drug-likeness (QED) is 0.851. The Morgan fingerprint density at radius 3 is 2.50 bits per heavy atom. The highest BCUT2D eigenvalue weighted by Crippen LogP contribution is 2.26. The second kappa shape index (κ2) is 7.39. The van der Waals surface area contributed by atoms with Crippen molar-refractivity contribution in [3.05, 3.63) is 58.6 Å². The van der Waals surface area contributed by atoms with Crippen molar-refractivity contribution in [2.75, 3.05) is 18.5 Å². The van der Waals surface area contributed by atoms with E-state index in [1.54, 1.807) is 18.2 Å². The number of rotatable bonds is 6. The number of aliphatic hydroxyl groups is 1. The second-order valence-corrected chi connectivity index (χ2v) is 5.10. The van der Waals surface area contributed by atoms with Crippen molar-refractivity contribution >= 4 is 28.9 Å². The van der Waals surface area contributed by atoms with Crippen LogP contribution in [0.4, 0.5) is 5.69 Å². The number of anilines is 1. The van der Waals surface area contributed by atoms with Gasteiger partial charge in [-0.25, -0.2) is 0 Å². The number of hydrogen-bond acceptors (Lipinski definition) is 3. The molecule has 2 aromatic carbocycles. The minimum absolute atomic E-state index is 0.178. The summed E-state index contributed by atoms with van der Waals surface area (Å²) in [5.74, 6) is 0.582. The van der Waals surface area contributed by atoms with Crippen molar-refractivity contribution in [1.29, 1.82) is 0 Å². The molecule has 5 heteroatoms. The van der Waals surface area contributed by atoms with Crippen LogP contribution in [-0.4, -0.2) is 24.4 Å². The Labute approximate surface area is 128 Å². The van der Waals surface area contributed by atoms with Gasteiger partial charge in [-0.15, -0.1) is 0 Å². The number of benzene rings is 2. The molecule has 0 aliphatic carbocycles. The first-order valence-corrected chi connectivity index (χ1v) is 6.95. The largest absolute Gasteiger partial charge is 0.491 e. The Morgan fingerprint density at radius 1 is 1.05 bits per heavy atom. The lowest BCUT2D eigenvalue weighted by molar-refractivity contribution is 0.117. The molecule has 0 amide bonds. The Balaban J connectivity index is 1.77. The molecule has 0 heterocycles. The molecule has 0 saturated carbocycles. The first-order chi connectivity index (χ1) is 9.65. The summed E-state index contributed by atoms with van der Waals surface area (Å²) in [6, 6.07) is 14.7. The summed E-state index contributed by atoms with van der Waals surface area (Å²) in [5, 5.41) is 13.9. The van der Waals surface area contributed by atoms with Crippen LogP contribution in [0.25, 0.3) is 0 Å². The molecular weight excluding hydrogens is 297 g/mol. The summed E-state index contributed by atoms with van der Waals surface area (Å²) in [4.78, 5) is 0. The smallest absolute Gasteiger partial charge is 0.121 e. The number of nitrogens with one attached hydrogen (secondary N) is 1. The van der Waals surface area contributed by atoms with Crippen molar-refractivity contribution in [3.8, 4) is 5.75 Å². The molecule has 0 radical (unpaired) electrons. The number of ether oxygens (including phenoxy) is 1. The van der Waals surface area contributed by atoms with Crippen molar-refractivity contribution in [2.24, 2.45) is 0 Å². The molecule has 2 rings (SSSR count). The zero-order valence-corrected chi connectivity index (χ0v) is 12.2. The van der Waals surface area contributed by atoms with Gasteiger partial charge in [0, 0.05) is 18.3 Å². The van der Waals surface area contributed by atoms with E-state index in [0.717, 1.165) is 5.69 Å². The van der Waals surface area contributed by atoms with Crippen molar-refractivity contribution < 1.29 is 9.84 Å². The summed E-state index contributed by atoms with van der Waals surface area (Å²) in [6.45, 7) is 0.586. The van der Waals surface area contributed by atoms with Crippen LogP contribution in [0, 0.1) is 0 Å². The monoisotopic (exact) mass is 311 g/mol. The summed E-state index contributed by atoms with van der Waals surface area (Å²) >= 11 is 11.7. The highest BCUT2D eigenvalue weighted by atomic mass is 35.5. The van der Waals surface area contributed by atoms with Gasteiger partial charge < -0.3 is 15.2 Å². The Morgan fingerprint density at radius 2 is 1.80 bits per heavy atom. The molecule has 0 aliphatic rings. The molecular formula is C15H15Cl2NO2. The molecule has 1 unspecified atom stereocenters. The molecule has 2 N–H and O–H groups in total. The fourth-order valence-electron chi connectivity index (χ4n) is 1.61. The molecule has 2 aromatic rings. The van der Waals surface area contributed by atoms with E-state index in [9.17, 15) is 5.11 Å². The lowest BCUT2D eigenvalue weighted by atomic mass is 10.3. The SMILES string of the molecule is OC(CNc1ccccc1)COc1ccc(Cl)c(Cl)c1. The third kappa shape index (κ3) is 4.60. The van der Waals surface area contributed by atoms with E-state index in [1.165, 1.54) is 0 Å². The Hall–Kier alpha value is -1.42. The van der Waals surface area contributed by atoms with Gasteiger partial charge in [0.05, 0.1) is 10.0 Å². The molecule has 0 aliphatic heterocycles. The predicted octanol–water partition coefficient (Wildman–Crippen LogP) is 3.85. The van der Waals surface area contributed by atoms with Gasteiger partial charge in [-0.1, -0.05) is 41.4 Å². The average molecular weight is 312 g/mol. The zero-order chi connectivity index (χ0) is 14.4. The third-order valence-electron chi connectivity index (χ3n) is 2.65. The van der Waals surface area contributed by atoms with Gasteiger partial charge >= 0.3 is 0 Å². The highest BCUT2D eigenvalue weighted by Gasteiger charge is 2.06. The normalized spacial score (nSPS) is 11.9. The highest BCUT2D eigenvalue weighted by molar-refractivity contribution is 6.42. The fraction of sp³-hybridized carbons (Fsp3) is 0.200. The average Bonchev–Trinajstić information content (AvgIpc) is 2.47. The van der Waals surface area contributed by atoms with Gasteiger partial charge in [-0.3, -0.25) is 0 Å². The minimum atomic E-state index is -0.621. The van der Waals surface area contributed by atoms with E-state index >= 15 is 0 Å². The van der Waals surface area contributed by atoms with Gasteiger partial charge in [-0.05, 0) is 24.3 Å². The molecule has 0 fully saturated rings. The van der Waals surface area contributed by atoms with Gasteiger partial charge in [0.1, 0.15) is 18.5 Å². The maximum atomic E-state index is 9.85. The van der Waals surface area contributed by atoms with E-state index in [4.69, 9.17) is 27.9 Å². The maximum absolute atomic E-state index is 9.85. The molecule has 0 bridgehead atoms. The topological polar surface area (TPSA) is 41.5 Å². The molecule has 1 atom stereocenters. The standard InChI is InChI=1S/C15H15Cl2NO2/c16-14-7-6-13(8-15(14)17)20-10-12(19)9-18-11-4-2-1-3-5-11/h1-8,12,18-19H,9-10H2. The lowest BCUT2D eigenvalue weighted by Gasteiger charge is -2.14. The van der Waals surface area contributed by atoms with Crippen molar-refractivity contribution in [2.45, 2.75) is 6.10 Å². The number of para-hydroxylation sites is 1. The van der Waals surface area contributed by atoms with E-state index in [-0.39, 0.29) is 6.61 Å². The number of halogens is 2. The molecule has 0 saturated heterocycles. The van der Waals surface area contributed by atoms with E-state index in [2.05, 4.69) is 5.32 Å². The molecule has 0 spiro atoms.